The van der Waals surface area contributed by atoms with Gasteiger partial charge in [-0.15, -0.1) is 0 Å². The van der Waals surface area contributed by atoms with Crippen LogP contribution in [-0.4, -0.2) is 41.7 Å². The van der Waals surface area contributed by atoms with E-state index < -0.39 is 27.4 Å². The fraction of sp³-hybridized carbons (Fsp3) is 0.190. The molecule has 0 N–H and O–H groups in total. The van der Waals surface area contributed by atoms with E-state index in [1.54, 1.807) is 18.7 Å². The number of hydrogen-bond acceptors (Lipinski definition) is 6. The maximum atomic E-state index is 14.2. The minimum absolute atomic E-state index is 0.00812. The van der Waals surface area contributed by atoms with Gasteiger partial charge in [0, 0.05) is 43.4 Å². The van der Waals surface area contributed by atoms with E-state index in [4.69, 9.17) is 0 Å². The second-order valence-corrected chi connectivity index (χ2v) is 10.2. The Morgan fingerprint density at radius 2 is 1.94 bits per heavy atom. The number of carbonyl (C=O) groups excluding carboxylic acids is 1. The van der Waals surface area contributed by atoms with E-state index >= 15 is 0 Å². The summed E-state index contributed by atoms with van der Waals surface area (Å²) >= 11 is 1.01. The summed E-state index contributed by atoms with van der Waals surface area (Å²) in [6, 6.07) is 7.50. The van der Waals surface area contributed by atoms with E-state index in [9.17, 15) is 22.0 Å². The molecule has 2 aromatic carbocycles. The summed E-state index contributed by atoms with van der Waals surface area (Å²) in [6.45, 7) is 0.847. The molecular formula is C21H18F2N4O3S2. The van der Waals surface area contributed by atoms with Gasteiger partial charge in [-0.3, -0.25) is 9.69 Å². The number of thiazole rings is 1. The molecular weight excluding hydrogens is 458 g/mol. The van der Waals surface area contributed by atoms with Gasteiger partial charge in [-0.2, -0.15) is 0 Å². The summed E-state index contributed by atoms with van der Waals surface area (Å²) in [7, 11) is -3.40. The summed E-state index contributed by atoms with van der Waals surface area (Å²) in [5, 5.41) is 0.229. The monoisotopic (exact) mass is 476 g/mol. The molecule has 4 aromatic rings. The third-order valence-electron chi connectivity index (χ3n) is 4.76. The van der Waals surface area contributed by atoms with Crippen LogP contribution in [0, 0.1) is 11.6 Å². The summed E-state index contributed by atoms with van der Waals surface area (Å²) < 4.78 is 53.4. The lowest BCUT2D eigenvalue weighted by Crippen LogP contribution is -2.32. The molecule has 0 radical (unpaired) electrons. The molecule has 0 unspecified atom stereocenters. The molecule has 1 amide bonds. The van der Waals surface area contributed by atoms with Crippen molar-refractivity contribution in [3.8, 4) is 0 Å². The van der Waals surface area contributed by atoms with Crippen LogP contribution < -0.4 is 4.90 Å². The molecule has 0 atom stereocenters. The van der Waals surface area contributed by atoms with E-state index in [1.807, 2.05) is 4.57 Å². The van der Waals surface area contributed by atoms with Gasteiger partial charge in [0.15, 0.2) is 20.8 Å². The summed E-state index contributed by atoms with van der Waals surface area (Å²) in [5.74, 6) is -1.94. The van der Waals surface area contributed by atoms with E-state index in [0.717, 1.165) is 23.7 Å². The van der Waals surface area contributed by atoms with Crippen LogP contribution in [0.5, 0.6) is 0 Å². The zero-order valence-corrected chi connectivity index (χ0v) is 18.5. The van der Waals surface area contributed by atoms with Gasteiger partial charge < -0.3 is 4.57 Å². The topological polar surface area (TPSA) is 85.2 Å². The molecule has 11 heteroatoms. The van der Waals surface area contributed by atoms with Crippen molar-refractivity contribution >= 4 is 42.4 Å². The normalized spacial score (nSPS) is 11.7. The minimum Gasteiger partial charge on any atom is -0.337 e. The van der Waals surface area contributed by atoms with Crippen molar-refractivity contribution in [1.29, 1.82) is 0 Å². The highest BCUT2D eigenvalue weighted by Crippen LogP contribution is 2.32. The van der Waals surface area contributed by atoms with Gasteiger partial charge >= 0.3 is 0 Å². The number of anilines is 1. The van der Waals surface area contributed by atoms with E-state index in [-0.39, 0.29) is 32.4 Å². The number of hydrogen-bond donors (Lipinski definition) is 0. The van der Waals surface area contributed by atoms with Gasteiger partial charge in [0.05, 0.1) is 15.9 Å². The number of aromatic nitrogens is 3. The number of sulfone groups is 1. The van der Waals surface area contributed by atoms with Crippen LogP contribution >= 0.6 is 11.3 Å². The molecule has 2 heterocycles. The van der Waals surface area contributed by atoms with E-state index in [2.05, 4.69) is 9.97 Å². The Morgan fingerprint density at radius 3 is 2.59 bits per heavy atom. The molecule has 166 valence electrons. The molecule has 0 saturated heterocycles. The van der Waals surface area contributed by atoms with E-state index in [1.165, 1.54) is 35.2 Å². The maximum Gasteiger partial charge on any atom is 0.260 e. The van der Waals surface area contributed by atoms with Crippen LogP contribution in [0.3, 0.4) is 0 Å². The molecule has 0 fully saturated rings. The molecule has 0 spiro atoms. The minimum atomic E-state index is -3.40. The lowest BCUT2D eigenvalue weighted by molar-refractivity contribution is 0.0986. The zero-order valence-electron chi connectivity index (χ0n) is 16.9. The van der Waals surface area contributed by atoms with Crippen molar-refractivity contribution in [2.45, 2.75) is 17.9 Å². The number of amides is 1. The predicted octanol–water partition coefficient (Wildman–Crippen LogP) is 3.91. The third-order valence-corrected chi connectivity index (χ3v) is 6.92. The highest BCUT2D eigenvalue weighted by atomic mass is 32.2. The van der Waals surface area contributed by atoms with Gasteiger partial charge in [0.25, 0.3) is 5.91 Å². The Bertz CT molecular complexity index is 1370. The maximum absolute atomic E-state index is 14.2. The van der Waals surface area contributed by atoms with Crippen molar-refractivity contribution in [3.63, 3.8) is 0 Å². The van der Waals surface area contributed by atoms with Crippen molar-refractivity contribution in [2.24, 2.45) is 0 Å². The highest BCUT2D eigenvalue weighted by Gasteiger charge is 2.23. The van der Waals surface area contributed by atoms with Crippen LogP contribution in [-0.2, 0) is 16.4 Å². The largest absolute Gasteiger partial charge is 0.337 e. The second-order valence-electron chi connectivity index (χ2n) is 7.14. The first-order valence-electron chi connectivity index (χ1n) is 9.56. The van der Waals surface area contributed by atoms with Gasteiger partial charge in [-0.1, -0.05) is 11.3 Å². The number of benzene rings is 2. The van der Waals surface area contributed by atoms with Crippen molar-refractivity contribution < 1.29 is 22.0 Å². The van der Waals surface area contributed by atoms with Gasteiger partial charge in [-0.25, -0.2) is 27.2 Å². The summed E-state index contributed by atoms with van der Waals surface area (Å²) in [4.78, 5) is 23.0. The first-order valence-corrected chi connectivity index (χ1v) is 12.3. The molecule has 0 aliphatic rings. The smallest absolute Gasteiger partial charge is 0.260 e. The van der Waals surface area contributed by atoms with Crippen LogP contribution in [0.2, 0.25) is 0 Å². The average molecular weight is 477 g/mol. The molecule has 0 aliphatic carbocycles. The van der Waals surface area contributed by atoms with Crippen molar-refractivity contribution in [3.05, 3.63) is 72.3 Å². The van der Waals surface area contributed by atoms with Crippen LogP contribution in [0.1, 0.15) is 16.8 Å². The van der Waals surface area contributed by atoms with Crippen LogP contribution in [0.4, 0.5) is 13.9 Å². The Morgan fingerprint density at radius 1 is 1.19 bits per heavy atom. The molecule has 2 aromatic heterocycles. The van der Waals surface area contributed by atoms with Crippen molar-refractivity contribution in [1.82, 2.24) is 14.5 Å². The fourth-order valence-corrected chi connectivity index (χ4v) is 4.84. The Labute approximate surface area is 186 Å². The first-order chi connectivity index (χ1) is 15.2. The second kappa shape index (κ2) is 8.75. The van der Waals surface area contributed by atoms with Gasteiger partial charge in [0.1, 0.15) is 11.3 Å². The summed E-state index contributed by atoms with van der Waals surface area (Å²) in [5.41, 5.74) is 0.247. The standard InChI is InChI=1S/C21H18F2N4O3S2/c1-32(29,30)16-5-3-14(4-6-16)20(28)27(9-2-8-26-10-7-24-13-26)21-25-19-17(23)11-15(22)12-18(19)31-21/h3-7,10-13H,2,8-9H2,1H3. The molecule has 0 bridgehead atoms. The molecule has 32 heavy (non-hydrogen) atoms. The Kier molecular flexibility index (Phi) is 6.02. The SMILES string of the molecule is CS(=O)(=O)c1ccc(C(=O)N(CCCn2ccnc2)c2nc3c(F)cc(F)cc3s2)cc1. The predicted molar refractivity (Wildman–Crippen MR) is 118 cm³/mol. The van der Waals surface area contributed by atoms with Crippen LogP contribution in [0.15, 0.2) is 60.0 Å². The number of fused-ring (bicyclic) bond motifs is 1. The number of nitrogens with zero attached hydrogens (tertiary/aromatic N) is 4. The molecule has 0 aliphatic heterocycles. The number of halogens is 2. The molecule has 7 nitrogen and oxygen atoms in total. The lowest BCUT2D eigenvalue weighted by Gasteiger charge is -2.20. The number of carbonyl (C=O) groups is 1. The lowest BCUT2D eigenvalue weighted by atomic mass is 10.2. The average Bonchev–Trinajstić information content (AvgIpc) is 3.40. The number of aryl methyl sites for hydroxylation is 1. The molecule has 0 saturated carbocycles. The van der Waals surface area contributed by atoms with E-state index in [0.29, 0.717) is 13.0 Å². The van der Waals surface area contributed by atoms with Crippen molar-refractivity contribution in [2.75, 3.05) is 17.7 Å². The molecule has 4 rings (SSSR count). The Hall–Kier alpha value is -3.18. The zero-order chi connectivity index (χ0) is 22.9. The third kappa shape index (κ3) is 4.68. The Balaban J connectivity index is 1.66. The van der Waals surface area contributed by atoms with Gasteiger partial charge in [-0.05, 0) is 36.8 Å². The van der Waals surface area contributed by atoms with Crippen LogP contribution in [0.25, 0.3) is 10.2 Å². The summed E-state index contributed by atoms with van der Waals surface area (Å²) in [6.07, 6.45) is 6.74. The number of imidazole rings is 1. The fourth-order valence-electron chi connectivity index (χ4n) is 3.18. The number of rotatable bonds is 7. The quantitative estimate of drug-likeness (QED) is 0.404. The first kappa shape index (κ1) is 22.0. The van der Waals surface area contributed by atoms with Gasteiger partial charge in [0.2, 0.25) is 0 Å². The highest BCUT2D eigenvalue weighted by molar-refractivity contribution is 7.90.